The summed E-state index contributed by atoms with van der Waals surface area (Å²) in [6.07, 6.45) is 3.18. The van der Waals surface area contributed by atoms with Gasteiger partial charge in [0, 0.05) is 12.6 Å². The average molecular weight is 172 g/mol. The third kappa shape index (κ3) is 3.52. The normalized spacial score (nSPS) is 29.8. The molecule has 0 bridgehead atoms. The highest BCUT2D eigenvalue weighted by Crippen LogP contribution is 2.09. The molecule has 3 N–H and O–H groups in total. The summed E-state index contributed by atoms with van der Waals surface area (Å²) in [6.45, 7) is 4.78. The Hall–Kier alpha value is -0.120. The van der Waals surface area contributed by atoms with Crippen molar-refractivity contribution in [2.24, 2.45) is 5.73 Å². The predicted octanol–water partition coefficient (Wildman–Crippen LogP) is 0.180. The van der Waals surface area contributed by atoms with Crippen molar-refractivity contribution in [2.75, 3.05) is 19.6 Å². The number of nitrogens with two attached hydrogens (primary N) is 1. The van der Waals surface area contributed by atoms with Gasteiger partial charge in [-0.15, -0.1) is 0 Å². The zero-order chi connectivity index (χ0) is 8.97. The molecule has 0 aromatic carbocycles. The van der Waals surface area contributed by atoms with Crippen LogP contribution in [-0.4, -0.2) is 41.8 Å². The van der Waals surface area contributed by atoms with Crippen molar-refractivity contribution in [2.45, 2.75) is 38.3 Å². The minimum absolute atomic E-state index is 0.209. The molecule has 1 fully saturated rings. The van der Waals surface area contributed by atoms with E-state index in [1.54, 1.807) is 0 Å². The van der Waals surface area contributed by atoms with Gasteiger partial charge >= 0.3 is 0 Å². The summed E-state index contributed by atoms with van der Waals surface area (Å²) in [6, 6.07) is 0.379. The second-order valence-corrected chi connectivity index (χ2v) is 3.84. The van der Waals surface area contributed by atoms with Crippen molar-refractivity contribution in [1.29, 1.82) is 0 Å². The van der Waals surface area contributed by atoms with E-state index >= 15 is 0 Å². The molecule has 0 aromatic heterocycles. The van der Waals surface area contributed by atoms with Crippen LogP contribution in [0.4, 0.5) is 0 Å². The molecule has 0 aromatic rings. The minimum Gasteiger partial charge on any atom is -0.392 e. The van der Waals surface area contributed by atoms with E-state index in [9.17, 15) is 5.11 Å². The standard InChI is InChI=1S/C9H20N2O/c1-8(12)7-11-5-2-3-9(10)4-6-11/h8-9,12H,2-7,10H2,1H3. The van der Waals surface area contributed by atoms with Gasteiger partial charge in [0.2, 0.25) is 0 Å². The van der Waals surface area contributed by atoms with Crippen molar-refractivity contribution < 1.29 is 5.11 Å². The van der Waals surface area contributed by atoms with Crippen LogP contribution in [0.5, 0.6) is 0 Å². The lowest BCUT2D eigenvalue weighted by Gasteiger charge is -2.21. The molecule has 3 nitrogen and oxygen atoms in total. The highest BCUT2D eigenvalue weighted by Gasteiger charge is 2.14. The Balaban J connectivity index is 2.26. The molecule has 3 heteroatoms. The summed E-state index contributed by atoms with van der Waals surface area (Å²) >= 11 is 0. The minimum atomic E-state index is -0.209. The van der Waals surface area contributed by atoms with E-state index in [0.29, 0.717) is 6.04 Å². The van der Waals surface area contributed by atoms with Crippen LogP contribution in [0.2, 0.25) is 0 Å². The lowest BCUT2D eigenvalue weighted by molar-refractivity contribution is 0.128. The molecule has 2 atom stereocenters. The Kier molecular flexibility index (Phi) is 3.98. The third-order valence-electron chi connectivity index (χ3n) is 2.39. The predicted molar refractivity (Wildman–Crippen MR) is 49.9 cm³/mol. The quantitative estimate of drug-likeness (QED) is 0.625. The first-order valence-electron chi connectivity index (χ1n) is 4.84. The molecule has 1 heterocycles. The molecule has 0 aliphatic carbocycles. The highest BCUT2D eigenvalue weighted by molar-refractivity contribution is 4.72. The Morgan fingerprint density at radius 1 is 1.50 bits per heavy atom. The SMILES string of the molecule is CC(O)CN1CCCC(N)CC1. The molecule has 1 aliphatic rings. The van der Waals surface area contributed by atoms with Crippen molar-refractivity contribution in [3.05, 3.63) is 0 Å². The molecular formula is C9H20N2O. The first-order chi connectivity index (χ1) is 5.68. The number of rotatable bonds is 2. The van der Waals surface area contributed by atoms with Crippen LogP contribution < -0.4 is 5.73 Å². The Bertz CT molecular complexity index is 128. The van der Waals surface area contributed by atoms with E-state index in [2.05, 4.69) is 4.90 Å². The second-order valence-electron chi connectivity index (χ2n) is 3.84. The first kappa shape index (κ1) is 9.96. The molecule has 0 radical (unpaired) electrons. The zero-order valence-electron chi connectivity index (χ0n) is 7.87. The Labute approximate surface area is 74.5 Å². The fraction of sp³-hybridized carbons (Fsp3) is 1.00. The van der Waals surface area contributed by atoms with Crippen molar-refractivity contribution in [3.8, 4) is 0 Å². The first-order valence-corrected chi connectivity index (χ1v) is 4.84. The van der Waals surface area contributed by atoms with Gasteiger partial charge in [-0.25, -0.2) is 0 Å². The molecule has 1 saturated heterocycles. The van der Waals surface area contributed by atoms with Crippen LogP contribution in [0.15, 0.2) is 0 Å². The maximum Gasteiger partial charge on any atom is 0.0639 e. The Morgan fingerprint density at radius 3 is 2.92 bits per heavy atom. The fourth-order valence-electron chi connectivity index (χ4n) is 1.74. The van der Waals surface area contributed by atoms with Gasteiger partial charge in [-0.2, -0.15) is 0 Å². The van der Waals surface area contributed by atoms with Gasteiger partial charge < -0.3 is 15.7 Å². The molecule has 72 valence electrons. The number of aliphatic hydroxyl groups is 1. The Morgan fingerprint density at radius 2 is 2.25 bits per heavy atom. The van der Waals surface area contributed by atoms with Gasteiger partial charge in [-0.1, -0.05) is 0 Å². The smallest absolute Gasteiger partial charge is 0.0639 e. The van der Waals surface area contributed by atoms with E-state index in [1.165, 1.54) is 6.42 Å². The second kappa shape index (κ2) is 4.80. The van der Waals surface area contributed by atoms with Crippen molar-refractivity contribution in [3.63, 3.8) is 0 Å². The molecule has 1 rings (SSSR count). The number of β-amino-alcohol motifs (C(OH)–C–C–N with tert-alkyl or cyclic N) is 1. The monoisotopic (exact) mass is 172 g/mol. The third-order valence-corrected chi connectivity index (χ3v) is 2.39. The highest BCUT2D eigenvalue weighted by atomic mass is 16.3. The van der Waals surface area contributed by atoms with Gasteiger partial charge in [0.1, 0.15) is 0 Å². The summed E-state index contributed by atoms with van der Waals surface area (Å²) in [5, 5.41) is 9.19. The molecule has 0 saturated carbocycles. The maximum atomic E-state index is 9.19. The van der Waals surface area contributed by atoms with Gasteiger partial charge in [-0.3, -0.25) is 0 Å². The van der Waals surface area contributed by atoms with Gasteiger partial charge in [-0.05, 0) is 39.3 Å². The summed E-state index contributed by atoms with van der Waals surface area (Å²) in [7, 11) is 0. The van der Waals surface area contributed by atoms with Crippen LogP contribution in [0.3, 0.4) is 0 Å². The van der Waals surface area contributed by atoms with Crippen LogP contribution >= 0.6 is 0 Å². The van der Waals surface area contributed by atoms with E-state index in [0.717, 1.165) is 32.5 Å². The van der Waals surface area contributed by atoms with Crippen molar-refractivity contribution >= 4 is 0 Å². The lowest BCUT2D eigenvalue weighted by atomic mass is 10.1. The van der Waals surface area contributed by atoms with Crippen molar-refractivity contribution in [1.82, 2.24) is 4.90 Å². The fourth-order valence-corrected chi connectivity index (χ4v) is 1.74. The molecule has 1 aliphatic heterocycles. The van der Waals surface area contributed by atoms with Crippen LogP contribution in [0, 0.1) is 0 Å². The topological polar surface area (TPSA) is 49.5 Å². The molecule has 0 spiro atoms. The molecule has 2 unspecified atom stereocenters. The summed E-state index contributed by atoms with van der Waals surface area (Å²) in [4.78, 5) is 2.30. The van der Waals surface area contributed by atoms with E-state index in [-0.39, 0.29) is 6.10 Å². The summed E-state index contributed by atoms with van der Waals surface area (Å²) < 4.78 is 0. The zero-order valence-corrected chi connectivity index (χ0v) is 7.87. The summed E-state index contributed by atoms with van der Waals surface area (Å²) in [5.41, 5.74) is 5.84. The molecular weight excluding hydrogens is 152 g/mol. The summed E-state index contributed by atoms with van der Waals surface area (Å²) in [5.74, 6) is 0. The van der Waals surface area contributed by atoms with E-state index in [4.69, 9.17) is 5.73 Å². The van der Waals surface area contributed by atoms with Gasteiger partial charge in [0.05, 0.1) is 6.10 Å². The average Bonchev–Trinajstić information content (AvgIpc) is 2.15. The largest absolute Gasteiger partial charge is 0.392 e. The lowest BCUT2D eigenvalue weighted by Crippen LogP contribution is -2.32. The van der Waals surface area contributed by atoms with E-state index < -0.39 is 0 Å². The number of hydrogen-bond donors (Lipinski definition) is 2. The number of hydrogen-bond acceptors (Lipinski definition) is 3. The van der Waals surface area contributed by atoms with Crippen LogP contribution in [-0.2, 0) is 0 Å². The van der Waals surface area contributed by atoms with Crippen LogP contribution in [0.1, 0.15) is 26.2 Å². The number of aliphatic hydroxyl groups excluding tert-OH is 1. The van der Waals surface area contributed by atoms with E-state index in [1.807, 2.05) is 6.92 Å². The molecule has 12 heavy (non-hydrogen) atoms. The maximum absolute atomic E-state index is 9.19. The van der Waals surface area contributed by atoms with Gasteiger partial charge in [0.25, 0.3) is 0 Å². The molecule has 0 amide bonds. The number of likely N-dealkylation sites (tertiary alicyclic amines) is 1. The van der Waals surface area contributed by atoms with Crippen LogP contribution in [0.25, 0.3) is 0 Å². The van der Waals surface area contributed by atoms with Gasteiger partial charge in [0.15, 0.2) is 0 Å². The number of nitrogens with zero attached hydrogens (tertiary/aromatic N) is 1.